The van der Waals surface area contributed by atoms with Gasteiger partial charge in [-0.3, -0.25) is 0 Å². The smallest absolute Gasteiger partial charge is 0.0444 e. The van der Waals surface area contributed by atoms with Gasteiger partial charge in [0.15, 0.2) is 0 Å². The molecule has 1 aromatic rings. The lowest BCUT2D eigenvalue weighted by molar-refractivity contribution is 0.275. The summed E-state index contributed by atoms with van der Waals surface area (Å²) in [6.07, 6.45) is 0.825. The fraction of sp³-hybridized carbons (Fsp3) is 0.500. The molecule has 0 aliphatic heterocycles. The van der Waals surface area contributed by atoms with Crippen LogP contribution in [0.1, 0.15) is 25.8 Å². The number of hydrogen-bond acceptors (Lipinski definition) is 2. The van der Waals surface area contributed by atoms with Crippen LogP contribution >= 0.6 is 11.8 Å². The van der Waals surface area contributed by atoms with Crippen LogP contribution in [0.3, 0.4) is 0 Å². The Kier molecular flexibility index (Phi) is 4.02. The minimum absolute atomic E-state index is 0.115. The number of hydrogen-bond donors (Lipinski definition) is 1. The molecule has 0 heterocycles. The van der Waals surface area contributed by atoms with E-state index in [9.17, 15) is 0 Å². The van der Waals surface area contributed by atoms with Crippen LogP contribution in [0.2, 0.25) is 0 Å². The van der Waals surface area contributed by atoms with Crippen LogP contribution in [0, 0.1) is 6.92 Å². The third kappa shape index (κ3) is 3.72. The SMILES string of the molecule is Cc1ccc(SC(C)(C)CCO)cc1. The average Bonchev–Trinajstić information content (AvgIpc) is 2.08. The topological polar surface area (TPSA) is 20.2 Å². The van der Waals surface area contributed by atoms with E-state index >= 15 is 0 Å². The molecule has 0 unspecified atom stereocenters. The van der Waals surface area contributed by atoms with Crippen LogP contribution in [0.25, 0.3) is 0 Å². The lowest BCUT2D eigenvalue weighted by Crippen LogP contribution is -2.16. The highest BCUT2D eigenvalue weighted by atomic mass is 32.2. The highest BCUT2D eigenvalue weighted by Crippen LogP contribution is 2.34. The summed E-state index contributed by atoms with van der Waals surface area (Å²) in [5.74, 6) is 0. The molecule has 0 aliphatic rings. The number of rotatable bonds is 4. The first kappa shape index (κ1) is 11.6. The molecule has 0 aliphatic carbocycles. The lowest BCUT2D eigenvalue weighted by atomic mass is 10.1. The normalized spacial score (nSPS) is 11.7. The van der Waals surface area contributed by atoms with Gasteiger partial charge in [-0.05, 0) is 25.5 Å². The zero-order valence-electron chi connectivity index (χ0n) is 9.08. The molecular formula is C12H18OS. The highest BCUT2D eigenvalue weighted by molar-refractivity contribution is 8.00. The Morgan fingerprint density at radius 3 is 2.29 bits per heavy atom. The molecule has 0 aromatic heterocycles. The van der Waals surface area contributed by atoms with Crippen molar-refractivity contribution in [3.05, 3.63) is 29.8 Å². The number of aryl methyl sites for hydroxylation is 1. The largest absolute Gasteiger partial charge is 0.396 e. The van der Waals surface area contributed by atoms with Crippen molar-refractivity contribution in [3.8, 4) is 0 Å². The average molecular weight is 210 g/mol. The third-order valence-electron chi connectivity index (χ3n) is 2.13. The van der Waals surface area contributed by atoms with Crippen molar-refractivity contribution in [3.63, 3.8) is 0 Å². The van der Waals surface area contributed by atoms with Gasteiger partial charge >= 0.3 is 0 Å². The summed E-state index contributed by atoms with van der Waals surface area (Å²) in [6, 6.07) is 8.52. The second kappa shape index (κ2) is 4.85. The molecule has 0 bridgehead atoms. The van der Waals surface area contributed by atoms with E-state index in [2.05, 4.69) is 45.0 Å². The summed E-state index contributed by atoms with van der Waals surface area (Å²) in [6.45, 7) is 6.67. The molecule has 0 saturated heterocycles. The Balaban J connectivity index is 2.64. The molecule has 0 saturated carbocycles. The second-order valence-corrected chi connectivity index (χ2v) is 5.93. The van der Waals surface area contributed by atoms with Gasteiger partial charge in [0.2, 0.25) is 0 Å². The number of aliphatic hydroxyl groups is 1. The maximum atomic E-state index is 8.91. The number of thioether (sulfide) groups is 1. The molecule has 0 fully saturated rings. The molecular weight excluding hydrogens is 192 g/mol. The highest BCUT2D eigenvalue weighted by Gasteiger charge is 2.18. The van der Waals surface area contributed by atoms with Crippen LogP contribution in [-0.4, -0.2) is 16.5 Å². The predicted molar refractivity (Wildman–Crippen MR) is 62.8 cm³/mol. The molecule has 0 atom stereocenters. The maximum absolute atomic E-state index is 8.91. The van der Waals surface area contributed by atoms with E-state index in [0.717, 1.165) is 6.42 Å². The minimum Gasteiger partial charge on any atom is -0.396 e. The minimum atomic E-state index is 0.115. The maximum Gasteiger partial charge on any atom is 0.0444 e. The van der Waals surface area contributed by atoms with Gasteiger partial charge in [0, 0.05) is 16.2 Å². The van der Waals surface area contributed by atoms with Gasteiger partial charge in [-0.25, -0.2) is 0 Å². The van der Waals surface area contributed by atoms with Crippen LogP contribution in [0.5, 0.6) is 0 Å². The molecule has 1 nitrogen and oxygen atoms in total. The van der Waals surface area contributed by atoms with Crippen molar-refractivity contribution < 1.29 is 5.11 Å². The summed E-state index contributed by atoms with van der Waals surface area (Å²) in [5.41, 5.74) is 1.29. The molecule has 1 N–H and O–H groups in total. The first-order valence-corrected chi connectivity index (χ1v) is 5.72. The van der Waals surface area contributed by atoms with Crippen LogP contribution in [-0.2, 0) is 0 Å². The second-order valence-electron chi connectivity index (χ2n) is 4.15. The quantitative estimate of drug-likeness (QED) is 0.770. The van der Waals surface area contributed by atoms with E-state index in [-0.39, 0.29) is 11.4 Å². The molecule has 1 rings (SSSR count). The van der Waals surface area contributed by atoms with Crippen LogP contribution in [0.4, 0.5) is 0 Å². The van der Waals surface area contributed by atoms with Gasteiger partial charge in [-0.15, -0.1) is 11.8 Å². The summed E-state index contributed by atoms with van der Waals surface area (Å²) in [5, 5.41) is 8.91. The molecule has 0 radical (unpaired) electrons. The van der Waals surface area contributed by atoms with Crippen molar-refractivity contribution in [2.75, 3.05) is 6.61 Å². The molecule has 14 heavy (non-hydrogen) atoms. The fourth-order valence-corrected chi connectivity index (χ4v) is 2.35. The predicted octanol–water partition coefficient (Wildman–Crippen LogP) is 3.25. The first-order valence-electron chi connectivity index (χ1n) is 4.90. The van der Waals surface area contributed by atoms with Gasteiger partial charge in [-0.2, -0.15) is 0 Å². The van der Waals surface area contributed by atoms with Crippen molar-refractivity contribution in [2.24, 2.45) is 0 Å². The molecule has 0 spiro atoms. The third-order valence-corrected chi connectivity index (χ3v) is 3.39. The van der Waals surface area contributed by atoms with Gasteiger partial charge in [0.1, 0.15) is 0 Å². The fourth-order valence-electron chi connectivity index (χ4n) is 1.25. The zero-order valence-corrected chi connectivity index (χ0v) is 9.90. The Morgan fingerprint density at radius 2 is 1.79 bits per heavy atom. The van der Waals surface area contributed by atoms with Gasteiger partial charge in [0.25, 0.3) is 0 Å². The van der Waals surface area contributed by atoms with Crippen molar-refractivity contribution in [1.82, 2.24) is 0 Å². The van der Waals surface area contributed by atoms with Crippen LogP contribution in [0.15, 0.2) is 29.2 Å². The van der Waals surface area contributed by atoms with Crippen molar-refractivity contribution in [2.45, 2.75) is 36.8 Å². The molecule has 1 aromatic carbocycles. The Morgan fingerprint density at radius 1 is 1.21 bits per heavy atom. The number of benzene rings is 1. The van der Waals surface area contributed by atoms with E-state index in [1.54, 1.807) is 0 Å². The summed E-state index contributed by atoms with van der Waals surface area (Å²) in [7, 11) is 0. The monoisotopic (exact) mass is 210 g/mol. The number of aliphatic hydroxyl groups excluding tert-OH is 1. The van der Waals surface area contributed by atoms with Crippen molar-refractivity contribution >= 4 is 11.8 Å². The van der Waals surface area contributed by atoms with E-state index in [4.69, 9.17) is 5.11 Å². The summed E-state index contributed by atoms with van der Waals surface area (Å²) >= 11 is 1.82. The summed E-state index contributed by atoms with van der Waals surface area (Å²) in [4.78, 5) is 1.27. The first-order chi connectivity index (χ1) is 6.53. The van der Waals surface area contributed by atoms with Gasteiger partial charge in [-0.1, -0.05) is 31.5 Å². The molecule has 78 valence electrons. The lowest BCUT2D eigenvalue weighted by Gasteiger charge is -2.22. The Labute approximate surface area is 90.5 Å². The standard InChI is InChI=1S/C12H18OS/c1-10-4-6-11(7-5-10)14-12(2,3)8-9-13/h4-7,13H,8-9H2,1-3H3. The Hall–Kier alpha value is -0.470. The zero-order chi connectivity index (χ0) is 10.6. The van der Waals surface area contributed by atoms with E-state index in [1.165, 1.54) is 10.5 Å². The molecule has 0 amide bonds. The van der Waals surface area contributed by atoms with Gasteiger partial charge < -0.3 is 5.11 Å². The van der Waals surface area contributed by atoms with E-state index in [1.807, 2.05) is 11.8 Å². The van der Waals surface area contributed by atoms with Gasteiger partial charge in [0.05, 0.1) is 0 Å². The Bertz CT molecular complexity index is 277. The summed E-state index contributed by atoms with van der Waals surface area (Å²) < 4.78 is 0.115. The molecule has 2 heteroatoms. The van der Waals surface area contributed by atoms with Crippen LogP contribution < -0.4 is 0 Å². The van der Waals surface area contributed by atoms with E-state index < -0.39 is 0 Å². The van der Waals surface area contributed by atoms with Crippen molar-refractivity contribution in [1.29, 1.82) is 0 Å². The van der Waals surface area contributed by atoms with E-state index in [0.29, 0.717) is 0 Å².